The Morgan fingerprint density at radius 3 is 2.74 bits per heavy atom. The highest BCUT2D eigenvalue weighted by Gasteiger charge is 2.23. The van der Waals surface area contributed by atoms with Crippen LogP contribution in [0.1, 0.15) is 12.8 Å². The molecular weight excluding hydrogens is 426 g/mol. The molecule has 1 aliphatic heterocycles. The molecule has 3 aromatic rings. The zero-order chi connectivity index (χ0) is 22.0. The molecule has 1 N–H and O–H groups in total. The number of amides is 1. The van der Waals surface area contributed by atoms with Crippen molar-refractivity contribution in [3.8, 4) is 5.75 Å². The van der Waals surface area contributed by atoms with Crippen molar-refractivity contribution < 1.29 is 18.3 Å². The predicted octanol–water partition coefficient (Wildman–Crippen LogP) is 4.86. The van der Waals surface area contributed by atoms with Crippen LogP contribution in [-0.2, 0) is 4.79 Å². The van der Waals surface area contributed by atoms with Crippen LogP contribution in [0, 0.1) is 11.6 Å². The first-order valence-corrected chi connectivity index (χ1v) is 10.1. The number of carbonyl (C=O) groups is 1. The van der Waals surface area contributed by atoms with E-state index < -0.39 is 16.7 Å². The van der Waals surface area contributed by atoms with Gasteiger partial charge in [0.25, 0.3) is 0 Å². The molecule has 1 fully saturated rings. The maximum Gasteiger partial charge on any atom is 0.245 e. The molecule has 0 atom stereocenters. The largest absolute Gasteiger partial charge is 0.490 e. The van der Waals surface area contributed by atoms with E-state index in [0.29, 0.717) is 48.4 Å². The smallest absolute Gasteiger partial charge is 0.245 e. The normalized spacial score (nSPS) is 14.5. The Bertz CT molecular complexity index is 1150. The van der Waals surface area contributed by atoms with Gasteiger partial charge in [0.2, 0.25) is 5.91 Å². The highest BCUT2D eigenvalue weighted by Crippen LogP contribution is 2.31. The summed E-state index contributed by atoms with van der Waals surface area (Å²) in [5.74, 6) is -0.875. The molecule has 0 saturated carbocycles. The van der Waals surface area contributed by atoms with Crippen molar-refractivity contribution >= 4 is 39.9 Å². The van der Waals surface area contributed by atoms with Gasteiger partial charge < -0.3 is 15.0 Å². The second kappa shape index (κ2) is 8.85. The fourth-order valence-corrected chi connectivity index (χ4v) is 3.64. The fourth-order valence-electron chi connectivity index (χ4n) is 3.47. The van der Waals surface area contributed by atoms with Crippen LogP contribution in [0.2, 0.25) is 5.02 Å². The Labute approximate surface area is 182 Å². The van der Waals surface area contributed by atoms with Gasteiger partial charge in [-0.15, -0.1) is 0 Å². The van der Waals surface area contributed by atoms with E-state index in [9.17, 15) is 13.6 Å². The summed E-state index contributed by atoms with van der Waals surface area (Å²) in [7, 11) is 0. The number of fused-ring (bicyclic) bond motifs is 1. The van der Waals surface area contributed by atoms with E-state index in [1.165, 1.54) is 18.5 Å². The average Bonchev–Trinajstić information content (AvgIpc) is 2.79. The summed E-state index contributed by atoms with van der Waals surface area (Å²) >= 11 is 5.67. The van der Waals surface area contributed by atoms with Gasteiger partial charge in [0.05, 0.1) is 11.2 Å². The molecule has 0 radical (unpaired) electrons. The molecule has 2 heterocycles. The van der Waals surface area contributed by atoms with Crippen molar-refractivity contribution in [3.63, 3.8) is 0 Å². The summed E-state index contributed by atoms with van der Waals surface area (Å²) in [6, 6.07) is 7.68. The second-order valence-corrected chi connectivity index (χ2v) is 7.47. The zero-order valence-corrected chi connectivity index (χ0v) is 17.2. The maximum atomic E-state index is 14.3. The second-order valence-electron chi connectivity index (χ2n) is 7.10. The van der Waals surface area contributed by atoms with Crippen molar-refractivity contribution in [3.05, 3.63) is 66.0 Å². The minimum absolute atomic E-state index is 0.00280. The number of likely N-dealkylation sites (tertiary alicyclic amines) is 1. The molecule has 0 aliphatic carbocycles. The van der Waals surface area contributed by atoms with Gasteiger partial charge in [0, 0.05) is 31.3 Å². The number of nitrogens with one attached hydrogen (secondary N) is 1. The van der Waals surface area contributed by atoms with Crippen molar-refractivity contribution in [2.24, 2.45) is 0 Å². The van der Waals surface area contributed by atoms with Crippen LogP contribution in [0.3, 0.4) is 0 Å². The Balaban J connectivity index is 1.55. The lowest BCUT2D eigenvalue weighted by molar-refractivity contribution is -0.127. The van der Waals surface area contributed by atoms with E-state index in [4.69, 9.17) is 16.3 Å². The van der Waals surface area contributed by atoms with E-state index in [0.717, 1.165) is 6.07 Å². The van der Waals surface area contributed by atoms with E-state index in [1.54, 1.807) is 23.1 Å². The maximum absolute atomic E-state index is 14.3. The third kappa shape index (κ3) is 4.44. The summed E-state index contributed by atoms with van der Waals surface area (Å²) in [6.45, 7) is 4.72. The van der Waals surface area contributed by atoms with Crippen LogP contribution in [0.25, 0.3) is 10.9 Å². The predicted molar refractivity (Wildman–Crippen MR) is 115 cm³/mol. The first-order chi connectivity index (χ1) is 15.0. The molecular formula is C22H19ClF2N4O2. The molecule has 1 amide bonds. The van der Waals surface area contributed by atoms with Crippen LogP contribution in [0.5, 0.6) is 5.75 Å². The molecule has 0 unspecified atom stereocenters. The topological polar surface area (TPSA) is 67.4 Å². The standard InChI is InChI=1S/C22H19ClF2N4O2/c1-2-19(30)29-9-7-13(8-10-29)31-14-3-5-17-15(11-14)22(27-12-26-17)28-18-6-4-16(24)20(23)21(18)25/h2-6,11-13H,1,7-10H2,(H,26,27,28). The first-order valence-electron chi connectivity index (χ1n) is 9.69. The lowest BCUT2D eigenvalue weighted by atomic mass is 10.1. The lowest BCUT2D eigenvalue weighted by Crippen LogP contribution is -2.41. The molecule has 6 nitrogen and oxygen atoms in total. The minimum atomic E-state index is -0.901. The molecule has 31 heavy (non-hydrogen) atoms. The van der Waals surface area contributed by atoms with Crippen molar-refractivity contribution in [1.29, 1.82) is 0 Å². The first kappa shape index (κ1) is 21.0. The monoisotopic (exact) mass is 444 g/mol. The summed E-state index contributed by atoms with van der Waals surface area (Å²) in [5.41, 5.74) is 0.627. The average molecular weight is 445 g/mol. The lowest BCUT2D eigenvalue weighted by Gasteiger charge is -2.31. The number of benzene rings is 2. The number of ether oxygens (including phenoxy) is 1. The van der Waals surface area contributed by atoms with Crippen LogP contribution in [0.15, 0.2) is 49.3 Å². The fraction of sp³-hybridized carbons (Fsp3) is 0.227. The minimum Gasteiger partial charge on any atom is -0.490 e. The van der Waals surface area contributed by atoms with Gasteiger partial charge in [-0.25, -0.2) is 18.7 Å². The Morgan fingerprint density at radius 2 is 2.00 bits per heavy atom. The molecule has 9 heteroatoms. The van der Waals surface area contributed by atoms with E-state index in [2.05, 4.69) is 21.9 Å². The highest BCUT2D eigenvalue weighted by atomic mass is 35.5. The molecule has 0 bridgehead atoms. The summed E-state index contributed by atoms with van der Waals surface area (Å²) < 4.78 is 33.9. The molecule has 4 rings (SSSR count). The van der Waals surface area contributed by atoms with E-state index in [-0.39, 0.29) is 17.7 Å². The number of nitrogens with zero attached hydrogens (tertiary/aromatic N) is 3. The van der Waals surface area contributed by atoms with E-state index in [1.807, 2.05) is 0 Å². The quantitative estimate of drug-likeness (QED) is 0.449. The van der Waals surface area contributed by atoms with Gasteiger partial charge >= 0.3 is 0 Å². The highest BCUT2D eigenvalue weighted by molar-refractivity contribution is 6.31. The molecule has 1 saturated heterocycles. The molecule has 0 spiro atoms. The number of hydrogen-bond acceptors (Lipinski definition) is 5. The summed E-state index contributed by atoms with van der Waals surface area (Å²) in [6.07, 6.45) is 4.03. The Morgan fingerprint density at radius 1 is 1.23 bits per heavy atom. The molecule has 1 aromatic heterocycles. The number of anilines is 2. The van der Waals surface area contributed by atoms with Crippen molar-refractivity contribution in [1.82, 2.24) is 14.9 Å². The third-order valence-electron chi connectivity index (χ3n) is 5.13. The van der Waals surface area contributed by atoms with Crippen molar-refractivity contribution in [2.45, 2.75) is 18.9 Å². The number of aromatic nitrogens is 2. The van der Waals surface area contributed by atoms with Gasteiger partial charge in [0.15, 0.2) is 5.82 Å². The molecule has 160 valence electrons. The Hall–Kier alpha value is -3.26. The number of hydrogen-bond donors (Lipinski definition) is 1. The zero-order valence-electron chi connectivity index (χ0n) is 16.4. The number of halogens is 3. The number of rotatable bonds is 5. The number of piperidine rings is 1. The SMILES string of the molecule is C=CC(=O)N1CCC(Oc2ccc3ncnc(Nc4ccc(F)c(Cl)c4F)c3c2)CC1. The van der Waals surface area contributed by atoms with Crippen LogP contribution in [0.4, 0.5) is 20.3 Å². The summed E-state index contributed by atoms with van der Waals surface area (Å²) in [4.78, 5) is 21.9. The van der Waals surface area contributed by atoms with Gasteiger partial charge in [-0.2, -0.15) is 0 Å². The van der Waals surface area contributed by atoms with Crippen LogP contribution >= 0.6 is 11.6 Å². The van der Waals surface area contributed by atoms with Gasteiger partial charge in [-0.05, 0) is 36.4 Å². The van der Waals surface area contributed by atoms with Crippen LogP contribution < -0.4 is 10.1 Å². The van der Waals surface area contributed by atoms with Gasteiger partial charge in [-0.1, -0.05) is 18.2 Å². The molecule has 1 aliphatic rings. The van der Waals surface area contributed by atoms with E-state index >= 15 is 0 Å². The van der Waals surface area contributed by atoms with Crippen LogP contribution in [-0.4, -0.2) is 40.0 Å². The Kier molecular flexibility index (Phi) is 5.99. The molecule has 2 aromatic carbocycles. The van der Waals surface area contributed by atoms with Gasteiger partial charge in [0.1, 0.15) is 34.8 Å². The van der Waals surface area contributed by atoms with Crippen molar-refractivity contribution in [2.75, 3.05) is 18.4 Å². The third-order valence-corrected chi connectivity index (χ3v) is 5.47. The summed E-state index contributed by atoms with van der Waals surface area (Å²) in [5, 5.41) is 2.87. The number of carbonyl (C=O) groups excluding carboxylic acids is 1. The van der Waals surface area contributed by atoms with Gasteiger partial charge in [-0.3, -0.25) is 4.79 Å².